The van der Waals surface area contributed by atoms with Gasteiger partial charge in [-0.05, 0) is 17.7 Å². The third-order valence-electron chi connectivity index (χ3n) is 3.95. The topological polar surface area (TPSA) is 89.2 Å². The second kappa shape index (κ2) is 11.6. The first-order valence-corrected chi connectivity index (χ1v) is 8.99. The highest BCUT2D eigenvalue weighted by atomic mass is 16.6. The molecule has 150 valence electrons. The van der Waals surface area contributed by atoms with E-state index in [1.165, 1.54) is 12.1 Å². The second-order valence-corrected chi connectivity index (χ2v) is 6.07. The molecular weight excluding hydrogens is 360 g/mol. The fourth-order valence-corrected chi connectivity index (χ4v) is 2.39. The zero-order chi connectivity index (χ0) is 20.2. The van der Waals surface area contributed by atoms with Gasteiger partial charge in [-0.3, -0.25) is 10.1 Å². The minimum Gasteiger partial charge on any atom is -0.492 e. The van der Waals surface area contributed by atoms with Crippen LogP contribution in [0.4, 0.5) is 5.69 Å². The molecule has 2 aromatic rings. The largest absolute Gasteiger partial charge is 0.492 e. The monoisotopic (exact) mass is 386 g/mol. The third-order valence-corrected chi connectivity index (χ3v) is 3.95. The Bertz CT molecular complexity index is 751. The molecular formula is C20H26N4O4. The van der Waals surface area contributed by atoms with E-state index in [-0.39, 0.29) is 5.69 Å². The van der Waals surface area contributed by atoms with E-state index in [9.17, 15) is 10.1 Å². The van der Waals surface area contributed by atoms with Crippen LogP contribution in [0.3, 0.4) is 0 Å². The summed E-state index contributed by atoms with van der Waals surface area (Å²) in [6, 6.07) is 16.0. The highest BCUT2D eigenvalue weighted by Gasteiger charge is 2.08. The summed E-state index contributed by atoms with van der Waals surface area (Å²) in [5.74, 6) is 1.54. The van der Waals surface area contributed by atoms with Crippen molar-refractivity contribution in [2.45, 2.75) is 6.54 Å². The van der Waals surface area contributed by atoms with E-state index in [2.05, 4.69) is 10.3 Å². The van der Waals surface area contributed by atoms with Crippen molar-refractivity contribution < 1.29 is 14.4 Å². The van der Waals surface area contributed by atoms with Gasteiger partial charge in [0.15, 0.2) is 5.96 Å². The molecule has 0 atom stereocenters. The number of para-hydroxylation sites is 1. The van der Waals surface area contributed by atoms with Crippen molar-refractivity contribution in [2.24, 2.45) is 4.99 Å². The molecule has 0 fully saturated rings. The first-order valence-electron chi connectivity index (χ1n) is 8.99. The number of benzene rings is 2. The Kier molecular flexibility index (Phi) is 8.74. The first-order chi connectivity index (χ1) is 13.6. The number of nitro groups is 1. The van der Waals surface area contributed by atoms with Crippen LogP contribution in [0.5, 0.6) is 5.75 Å². The Hall–Kier alpha value is -3.13. The summed E-state index contributed by atoms with van der Waals surface area (Å²) < 4.78 is 10.8. The molecule has 0 unspecified atom stereocenters. The number of methoxy groups -OCH3 is 1. The molecule has 0 aliphatic rings. The molecule has 0 radical (unpaired) electrons. The molecule has 8 heteroatoms. The van der Waals surface area contributed by atoms with Crippen molar-refractivity contribution >= 4 is 11.6 Å². The summed E-state index contributed by atoms with van der Waals surface area (Å²) in [6.45, 7) is 2.76. The van der Waals surface area contributed by atoms with Crippen molar-refractivity contribution in [2.75, 3.05) is 40.5 Å². The normalized spacial score (nSPS) is 11.1. The third kappa shape index (κ3) is 7.24. The molecule has 2 rings (SSSR count). The number of nitrogens with zero attached hydrogens (tertiary/aromatic N) is 3. The van der Waals surface area contributed by atoms with Gasteiger partial charge in [-0.1, -0.05) is 30.3 Å². The van der Waals surface area contributed by atoms with Crippen molar-refractivity contribution in [3.8, 4) is 5.75 Å². The first kappa shape index (κ1) is 21.2. The zero-order valence-corrected chi connectivity index (χ0v) is 16.2. The molecule has 0 aliphatic carbocycles. The van der Waals surface area contributed by atoms with Crippen LogP contribution in [0.15, 0.2) is 59.6 Å². The lowest BCUT2D eigenvalue weighted by Gasteiger charge is -2.22. The average molecular weight is 386 g/mol. The lowest BCUT2D eigenvalue weighted by atomic mass is 10.2. The summed E-state index contributed by atoms with van der Waals surface area (Å²) in [5, 5.41) is 14.0. The van der Waals surface area contributed by atoms with Gasteiger partial charge in [0.05, 0.1) is 24.6 Å². The number of rotatable bonds is 10. The Morgan fingerprint density at radius 1 is 1.14 bits per heavy atom. The number of nitrogens with one attached hydrogen (secondary N) is 1. The van der Waals surface area contributed by atoms with Crippen LogP contribution in [0.25, 0.3) is 0 Å². The van der Waals surface area contributed by atoms with Gasteiger partial charge in [0.25, 0.3) is 5.69 Å². The molecule has 0 bridgehead atoms. The number of nitro benzene ring substituents is 1. The van der Waals surface area contributed by atoms with Gasteiger partial charge in [-0.15, -0.1) is 0 Å². The number of guanidine groups is 1. The molecule has 1 N–H and O–H groups in total. The zero-order valence-electron chi connectivity index (χ0n) is 16.2. The molecule has 0 spiro atoms. The number of likely N-dealkylation sites (N-methyl/N-ethyl adjacent to an activating group) is 1. The fraction of sp³-hybridized carbons (Fsp3) is 0.350. The standard InChI is InChI=1S/C20H26N4O4/c1-23(13-15-28-19-6-4-3-5-7-19)20(21-12-14-27-2)22-16-17-8-10-18(11-9-17)24(25)26/h3-11H,12-16H2,1-2H3,(H,21,22). The maximum Gasteiger partial charge on any atom is 0.269 e. The Labute approximate surface area is 164 Å². The summed E-state index contributed by atoms with van der Waals surface area (Å²) in [6.07, 6.45) is 0. The average Bonchev–Trinajstić information content (AvgIpc) is 2.71. The van der Waals surface area contributed by atoms with Gasteiger partial charge >= 0.3 is 0 Å². The highest BCUT2D eigenvalue weighted by Crippen LogP contribution is 2.12. The quantitative estimate of drug-likeness (QED) is 0.222. The summed E-state index contributed by atoms with van der Waals surface area (Å²) in [7, 11) is 3.58. The molecule has 0 aromatic heterocycles. The van der Waals surface area contributed by atoms with Gasteiger partial charge in [-0.25, -0.2) is 4.99 Å². The number of hydrogen-bond donors (Lipinski definition) is 1. The van der Waals surface area contributed by atoms with Crippen molar-refractivity contribution in [1.29, 1.82) is 0 Å². The van der Waals surface area contributed by atoms with Crippen molar-refractivity contribution in [1.82, 2.24) is 10.2 Å². The molecule has 0 aliphatic heterocycles. The highest BCUT2D eigenvalue weighted by molar-refractivity contribution is 5.79. The molecule has 0 amide bonds. The van der Waals surface area contributed by atoms with Crippen LogP contribution in [0.2, 0.25) is 0 Å². The Balaban J connectivity index is 1.94. The van der Waals surface area contributed by atoms with E-state index in [4.69, 9.17) is 9.47 Å². The Morgan fingerprint density at radius 3 is 2.50 bits per heavy atom. The molecule has 0 saturated heterocycles. The lowest BCUT2D eigenvalue weighted by molar-refractivity contribution is -0.384. The summed E-state index contributed by atoms with van der Waals surface area (Å²) in [5.41, 5.74) is 0.965. The smallest absolute Gasteiger partial charge is 0.269 e. The van der Waals surface area contributed by atoms with Crippen LogP contribution in [-0.2, 0) is 11.3 Å². The molecule has 28 heavy (non-hydrogen) atoms. The number of hydrogen-bond acceptors (Lipinski definition) is 5. The SMILES string of the molecule is COCCNC(=NCc1ccc([N+](=O)[O-])cc1)N(C)CCOc1ccccc1. The van der Waals surface area contributed by atoms with Crippen LogP contribution < -0.4 is 10.1 Å². The molecule has 2 aromatic carbocycles. The maximum absolute atomic E-state index is 10.8. The summed E-state index contributed by atoms with van der Waals surface area (Å²) >= 11 is 0. The predicted octanol–water partition coefficient (Wildman–Crippen LogP) is 2.70. The molecule has 8 nitrogen and oxygen atoms in total. The summed E-state index contributed by atoms with van der Waals surface area (Å²) in [4.78, 5) is 16.9. The number of ether oxygens (including phenoxy) is 2. The molecule has 0 heterocycles. The van der Waals surface area contributed by atoms with Gasteiger partial charge in [0, 0.05) is 32.8 Å². The van der Waals surface area contributed by atoms with Gasteiger partial charge < -0.3 is 19.7 Å². The van der Waals surface area contributed by atoms with Gasteiger partial charge in [-0.2, -0.15) is 0 Å². The predicted molar refractivity (Wildman–Crippen MR) is 109 cm³/mol. The Morgan fingerprint density at radius 2 is 1.86 bits per heavy atom. The van der Waals surface area contributed by atoms with E-state index in [1.807, 2.05) is 42.3 Å². The minimum atomic E-state index is -0.411. The maximum atomic E-state index is 10.8. The van der Waals surface area contributed by atoms with Gasteiger partial charge in [0.1, 0.15) is 12.4 Å². The lowest BCUT2D eigenvalue weighted by Crippen LogP contribution is -2.42. The fourth-order valence-electron chi connectivity index (χ4n) is 2.39. The van der Waals surface area contributed by atoms with Crippen LogP contribution in [-0.4, -0.2) is 56.2 Å². The van der Waals surface area contributed by atoms with E-state index in [0.717, 1.165) is 11.3 Å². The van der Waals surface area contributed by atoms with E-state index < -0.39 is 4.92 Å². The van der Waals surface area contributed by atoms with E-state index >= 15 is 0 Å². The van der Waals surface area contributed by atoms with Gasteiger partial charge in [0.2, 0.25) is 0 Å². The second-order valence-electron chi connectivity index (χ2n) is 6.07. The van der Waals surface area contributed by atoms with Crippen molar-refractivity contribution in [3.05, 3.63) is 70.3 Å². The van der Waals surface area contributed by atoms with Crippen LogP contribution in [0, 0.1) is 10.1 Å². The molecule has 0 saturated carbocycles. The van der Waals surface area contributed by atoms with Crippen molar-refractivity contribution in [3.63, 3.8) is 0 Å². The number of non-ortho nitro benzene ring substituents is 1. The minimum absolute atomic E-state index is 0.0707. The van der Waals surface area contributed by atoms with Crippen LogP contribution in [0.1, 0.15) is 5.56 Å². The number of aliphatic imine (C=N–C) groups is 1. The van der Waals surface area contributed by atoms with E-state index in [0.29, 0.717) is 38.8 Å². The van der Waals surface area contributed by atoms with E-state index in [1.54, 1.807) is 19.2 Å². The van der Waals surface area contributed by atoms with Crippen LogP contribution >= 0.6 is 0 Å².